The smallest absolute Gasteiger partial charge is 0.183 e. The summed E-state index contributed by atoms with van der Waals surface area (Å²) < 4.78 is 1.24. The third kappa shape index (κ3) is 2.23. The van der Waals surface area contributed by atoms with E-state index in [1.54, 1.807) is 11.3 Å². The SMILES string of the molecule is C.CC(C)Nc1nc2ccccc2s1. The molecule has 2 rings (SSSR count). The Bertz CT molecular complexity index is 373. The fourth-order valence-corrected chi connectivity index (χ4v) is 2.19. The number of hydrogen-bond acceptors (Lipinski definition) is 3. The van der Waals surface area contributed by atoms with Gasteiger partial charge in [-0.15, -0.1) is 0 Å². The van der Waals surface area contributed by atoms with E-state index in [9.17, 15) is 0 Å². The molecule has 0 radical (unpaired) electrons. The molecule has 0 saturated heterocycles. The molecule has 0 fully saturated rings. The van der Waals surface area contributed by atoms with Gasteiger partial charge in [-0.3, -0.25) is 0 Å². The van der Waals surface area contributed by atoms with Gasteiger partial charge >= 0.3 is 0 Å². The second-order valence-corrected chi connectivity index (χ2v) is 4.32. The quantitative estimate of drug-likeness (QED) is 0.813. The van der Waals surface area contributed by atoms with E-state index in [1.807, 2.05) is 18.2 Å². The molecule has 1 heterocycles. The van der Waals surface area contributed by atoms with Crippen LogP contribution in [0.1, 0.15) is 21.3 Å². The molecule has 0 saturated carbocycles. The first-order valence-electron chi connectivity index (χ1n) is 4.38. The van der Waals surface area contributed by atoms with Crippen molar-refractivity contribution in [1.29, 1.82) is 0 Å². The number of hydrogen-bond donors (Lipinski definition) is 1. The Morgan fingerprint density at radius 1 is 1.29 bits per heavy atom. The number of fused-ring (bicyclic) bond motifs is 1. The number of benzene rings is 1. The number of para-hydroxylation sites is 1. The van der Waals surface area contributed by atoms with Crippen LogP contribution in [0.4, 0.5) is 5.13 Å². The van der Waals surface area contributed by atoms with Crippen molar-refractivity contribution in [3.8, 4) is 0 Å². The Kier molecular flexibility index (Phi) is 3.47. The van der Waals surface area contributed by atoms with Crippen molar-refractivity contribution in [2.24, 2.45) is 0 Å². The van der Waals surface area contributed by atoms with Gasteiger partial charge in [-0.25, -0.2) is 4.98 Å². The molecule has 76 valence electrons. The van der Waals surface area contributed by atoms with Crippen molar-refractivity contribution < 1.29 is 0 Å². The van der Waals surface area contributed by atoms with Crippen molar-refractivity contribution in [3.05, 3.63) is 24.3 Å². The molecular weight excluding hydrogens is 192 g/mol. The highest BCUT2D eigenvalue weighted by Crippen LogP contribution is 2.25. The van der Waals surface area contributed by atoms with E-state index < -0.39 is 0 Å². The predicted molar refractivity (Wildman–Crippen MR) is 65.1 cm³/mol. The summed E-state index contributed by atoms with van der Waals surface area (Å²) in [4.78, 5) is 4.46. The van der Waals surface area contributed by atoms with Gasteiger partial charge in [0, 0.05) is 6.04 Å². The summed E-state index contributed by atoms with van der Waals surface area (Å²) in [6, 6.07) is 8.64. The maximum Gasteiger partial charge on any atom is 0.183 e. The molecule has 1 aromatic heterocycles. The van der Waals surface area contributed by atoms with Crippen molar-refractivity contribution in [1.82, 2.24) is 4.98 Å². The molecule has 0 amide bonds. The number of nitrogens with zero attached hydrogens (tertiary/aromatic N) is 1. The van der Waals surface area contributed by atoms with Crippen LogP contribution in [0.15, 0.2) is 24.3 Å². The van der Waals surface area contributed by atoms with Gasteiger partial charge in [-0.1, -0.05) is 30.9 Å². The first kappa shape index (κ1) is 11.0. The lowest BCUT2D eigenvalue weighted by Gasteiger charge is -2.03. The molecule has 1 aromatic carbocycles. The lowest BCUT2D eigenvalue weighted by Crippen LogP contribution is -2.08. The maximum absolute atomic E-state index is 4.46. The number of rotatable bonds is 2. The Hall–Kier alpha value is -1.09. The molecule has 3 heteroatoms. The summed E-state index contributed by atoms with van der Waals surface area (Å²) in [7, 11) is 0. The molecule has 1 N–H and O–H groups in total. The van der Waals surface area contributed by atoms with Crippen LogP contribution >= 0.6 is 11.3 Å². The molecule has 0 bridgehead atoms. The highest BCUT2D eigenvalue weighted by atomic mass is 32.1. The average Bonchev–Trinajstić information content (AvgIpc) is 2.44. The Morgan fingerprint density at radius 3 is 2.64 bits per heavy atom. The second kappa shape index (κ2) is 4.42. The van der Waals surface area contributed by atoms with E-state index in [-0.39, 0.29) is 7.43 Å². The minimum atomic E-state index is 0. The van der Waals surface area contributed by atoms with Gasteiger partial charge in [0.05, 0.1) is 10.2 Å². The van der Waals surface area contributed by atoms with Gasteiger partial charge in [0.25, 0.3) is 0 Å². The number of aromatic nitrogens is 1. The summed E-state index contributed by atoms with van der Waals surface area (Å²) in [5.74, 6) is 0. The molecule has 2 nitrogen and oxygen atoms in total. The van der Waals surface area contributed by atoms with Crippen molar-refractivity contribution in [3.63, 3.8) is 0 Å². The molecule has 0 unspecified atom stereocenters. The van der Waals surface area contributed by atoms with Gasteiger partial charge in [0.15, 0.2) is 5.13 Å². The predicted octanol–water partition coefficient (Wildman–Crippen LogP) is 3.75. The zero-order chi connectivity index (χ0) is 9.26. The monoisotopic (exact) mass is 208 g/mol. The summed E-state index contributed by atoms with van der Waals surface area (Å²) in [5, 5.41) is 4.31. The van der Waals surface area contributed by atoms with Crippen LogP contribution in [0.3, 0.4) is 0 Å². The molecule has 0 aliphatic heterocycles. The zero-order valence-electron chi connectivity index (χ0n) is 7.74. The standard InChI is InChI=1S/C10H12N2S.CH4/c1-7(2)11-10-12-8-5-3-4-6-9(8)13-10;/h3-7H,1-2H3,(H,11,12);1H4. The zero-order valence-corrected chi connectivity index (χ0v) is 8.56. The van der Waals surface area contributed by atoms with E-state index in [2.05, 4.69) is 30.2 Å². The molecule has 0 spiro atoms. The molecule has 14 heavy (non-hydrogen) atoms. The van der Waals surface area contributed by atoms with Crippen molar-refractivity contribution in [2.45, 2.75) is 27.3 Å². The first-order valence-corrected chi connectivity index (χ1v) is 5.19. The fraction of sp³-hybridized carbons (Fsp3) is 0.364. The molecule has 2 aromatic rings. The molecule has 0 aliphatic rings. The minimum absolute atomic E-state index is 0. The van der Waals surface area contributed by atoms with Crippen LogP contribution in [0.25, 0.3) is 10.2 Å². The van der Waals surface area contributed by atoms with E-state index in [4.69, 9.17) is 0 Å². The van der Waals surface area contributed by atoms with Crippen LogP contribution in [0.5, 0.6) is 0 Å². The van der Waals surface area contributed by atoms with Crippen LogP contribution in [0.2, 0.25) is 0 Å². The largest absolute Gasteiger partial charge is 0.359 e. The van der Waals surface area contributed by atoms with Crippen LogP contribution in [0, 0.1) is 0 Å². The first-order chi connectivity index (χ1) is 6.25. The van der Waals surface area contributed by atoms with Crippen LogP contribution in [-0.2, 0) is 0 Å². The highest BCUT2D eigenvalue weighted by Gasteiger charge is 2.02. The van der Waals surface area contributed by atoms with E-state index >= 15 is 0 Å². The van der Waals surface area contributed by atoms with Crippen LogP contribution < -0.4 is 5.32 Å². The van der Waals surface area contributed by atoms with Gasteiger partial charge in [-0.2, -0.15) is 0 Å². The van der Waals surface area contributed by atoms with Gasteiger partial charge < -0.3 is 5.32 Å². The van der Waals surface area contributed by atoms with Crippen LogP contribution in [-0.4, -0.2) is 11.0 Å². The summed E-state index contributed by atoms with van der Waals surface area (Å²) in [6.07, 6.45) is 0. The van der Waals surface area contributed by atoms with E-state index in [0.29, 0.717) is 6.04 Å². The maximum atomic E-state index is 4.46. The van der Waals surface area contributed by atoms with Crippen molar-refractivity contribution >= 4 is 26.7 Å². The fourth-order valence-electron chi connectivity index (χ4n) is 1.18. The number of thiazole rings is 1. The average molecular weight is 208 g/mol. The highest BCUT2D eigenvalue weighted by molar-refractivity contribution is 7.22. The van der Waals surface area contributed by atoms with E-state index in [1.165, 1.54) is 4.70 Å². The Labute approximate surface area is 89.0 Å². The number of anilines is 1. The van der Waals surface area contributed by atoms with E-state index in [0.717, 1.165) is 10.6 Å². The second-order valence-electron chi connectivity index (χ2n) is 3.29. The lowest BCUT2D eigenvalue weighted by molar-refractivity contribution is 0.897. The Morgan fingerprint density at radius 2 is 2.00 bits per heavy atom. The Balaban J connectivity index is 0.000000980. The minimum Gasteiger partial charge on any atom is -0.359 e. The number of nitrogens with one attached hydrogen (secondary N) is 1. The third-order valence-electron chi connectivity index (χ3n) is 1.71. The molecule has 0 aliphatic carbocycles. The lowest BCUT2D eigenvalue weighted by atomic mass is 10.3. The van der Waals surface area contributed by atoms with Gasteiger partial charge in [0.2, 0.25) is 0 Å². The normalized spacial score (nSPS) is 10.2. The third-order valence-corrected chi connectivity index (χ3v) is 2.67. The summed E-state index contributed by atoms with van der Waals surface area (Å²) >= 11 is 1.70. The topological polar surface area (TPSA) is 24.9 Å². The van der Waals surface area contributed by atoms with Gasteiger partial charge in [0.1, 0.15) is 0 Å². The summed E-state index contributed by atoms with van der Waals surface area (Å²) in [6.45, 7) is 4.23. The molecule has 0 atom stereocenters. The molecular formula is C11H16N2S. The van der Waals surface area contributed by atoms with Crippen molar-refractivity contribution in [2.75, 3.05) is 5.32 Å². The van der Waals surface area contributed by atoms with Gasteiger partial charge in [-0.05, 0) is 26.0 Å². The summed E-state index contributed by atoms with van der Waals surface area (Å²) in [5.41, 5.74) is 1.08.